The summed E-state index contributed by atoms with van der Waals surface area (Å²) in [5.74, 6) is -0.148. The number of β-lactam (4-membered cyclic amide) rings is 1. The third-order valence-electron chi connectivity index (χ3n) is 4.07. The number of aliphatic carboxylic acids is 1. The van der Waals surface area contributed by atoms with Gasteiger partial charge in [-0.1, -0.05) is 30.3 Å². The number of nitrogens with two attached hydrogens (primary N) is 1. The largest absolute Gasteiger partial charge is 0.477 e. The minimum Gasteiger partial charge on any atom is -0.477 e. The first kappa shape index (κ1) is 17.1. The van der Waals surface area contributed by atoms with Crippen LogP contribution in [0.2, 0.25) is 0 Å². The minimum absolute atomic E-state index is 0.0244. The molecule has 134 valence electrons. The van der Waals surface area contributed by atoms with E-state index in [4.69, 9.17) is 5.73 Å². The van der Waals surface area contributed by atoms with E-state index in [1.165, 1.54) is 32.8 Å². The van der Waals surface area contributed by atoms with Gasteiger partial charge in [-0.3, -0.25) is 9.69 Å². The average molecular weight is 390 g/mol. The van der Waals surface area contributed by atoms with Gasteiger partial charge < -0.3 is 10.8 Å². The second-order valence-electron chi connectivity index (χ2n) is 5.70. The number of carbonyl (C=O) groups is 2. The molecule has 26 heavy (non-hydrogen) atoms. The van der Waals surface area contributed by atoms with E-state index in [1.54, 1.807) is 0 Å². The Bertz CT molecular complexity index is 900. The molecule has 0 bridgehead atoms. The van der Waals surface area contributed by atoms with E-state index in [1.807, 2.05) is 30.3 Å². The Labute approximate surface area is 156 Å². The quantitative estimate of drug-likeness (QED) is 0.698. The van der Waals surface area contributed by atoms with Crippen LogP contribution in [0.25, 0.3) is 11.4 Å². The van der Waals surface area contributed by atoms with Crippen molar-refractivity contribution in [3.8, 4) is 11.4 Å². The van der Waals surface area contributed by atoms with Gasteiger partial charge in [0.25, 0.3) is 0 Å². The van der Waals surface area contributed by atoms with Crippen molar-refractivity contribution < 1.29 is 14.7 Å². The molecular formula is C15H14N6O3S2. The van der Waals surface area contributed by atoms with Crippen LogP contribution < -0.4 is 5.73 Å². The lowest BCUT2D eigenvalue weighted by Crippen LogP contribution is -2.68. The fourth-order valence-electron chi connectivity index (χ4n) is 2.79. The molecule has 2 aromatic rings. The Kier molecular flexibility index (Phi) is 4.42. The number of hydrogen-bond donors (Lipinski definition) is 2. The topological polar surface area (TPSA) is 127 Å². The van der Waals surface area contributed by atoms with E-state index >= 15 is 0 Å². The lowest BCUT2D eigenvalue weighted by molar-refractivity contribution is -0.147. The molecule has 1 amide bonds. The molecule has 11 heteroatoms. The molecule has 0 radical (unpaired) electrons. The number of amides is 1. The van der Waals surface area contributed by atoms with E-state index in [2.05, 4.69) is 15.4 Å². The number of aromatic nitrogens is 4. The van der Waals surface area contributed by atoms with Gasteiger partial charge in [-0.25, -0.2) is 4.79 Å². The number of thioether (sulfide) groups is 1. The van der Waals surface area contributed by atoms with Crippen molar-refractivity contribution in [2.24, 2.45) is 5.73 Å². The minimum atomic E-state index is -1.12. The predicted molar refractivity (Wildman–Crippen MR) is 96.8 cm³/mol. The molecule has 4 rings (SSSR count). The zero-order valence-electron chi connectivity index (χ0n) is 13.3. The maximum atomic E-state index is 11.9. The lowest BCUT2D eigenvalue weighted by Gasteiger charge is -2.47. The highest BCUT2D eigenvalue weighted by Crippen LogP contribution is 2.40. The van der Waals surface area contributed by atoms with Crippen LogP contribution in [0.4, 0.5) is 0 Å². The van der Waals surface area contributed by atoms with Gasteiger partial charge in [0.05, 0.1) is 0 Å². The fourth-order valence-corrected chi connectivity index (χ4v) is 4.94. The Hall–Kier alpha value is -2.37. The number of nitrogens with zero attached hydrogens (tertiary/aromatic N) is 5. The monoisotopic (exact) mass is 390 g/mol. The van der Waals surface area contributed by atoms with Crippen molar-refractivity contribution in [2.45, 2.75) is 11.4 Å². The van der Waals surface area contributed by atoms with Crippen LogP contribution in [0.3, 0.4) is 0 Å². The van der Waals surface area contributed by atoms with E-state index in [9.17, 15) is 14.7 Å². The highest BCUT2D eigenvalue weighted by atomic mass is 32.2. The first-order valence-electron chi connectivity index (χ1n) is 7.70. The maximum absolute atomic E-state index is 11.9. The average Bonchev–Trinajstić information content (AvgIpc) is 3.14. The summed E-state index contributed by atoms with van der Waals surface area (Å²) < 4.78 is 1.36. The van der Waals surface area contributed by atoms with Gasteiger partial charge in [-0.05, 0) is 10.8 Å². The molecule has 2 aliphatic rings. The van der Waals surface area contributed by atoms with Crippen LogP contribution in [-0.4, -0.2) is 64.4 Å². The molecule has 2 atom stereocenters. The van der Waals surface area contributed by atoms with E-state index in [-0.39, 0.29) is 17.0 Å². The first-order valence-corrected chi connectivity index (χ1v) is 9.69. The SMILES string of the molecule is NC1C(=O)N2C(C(=O)O)=C(CSn3nnc(-c4ccccc4)n3)CS[C@H]12. The van der Waals surface area contributed by atoms with E-state index in [0.29, 0.717) is 22.9 Å². The van der Waals surface area contributed by atoms with Gasteiger partial charge in [-0.15, -0.1) is 26.2 Å². The molecule has 3 N–H and O–H groups in total. The number of tetrazole rings is 1. The molecule has 0 saturated carbocycles. The summed E-state index contributed by atoms with van der Waals surface area (Å²) in [5, 5.41) is 21.5. The number of carbonyl (C=O) groups excluding carboxylic acids is 1. The van der Waals surface area contributed by atoms with Crippen molar-refractivity contribution in [2.75, 3.05) is 11.5 Å². The number of carboxylic acids is 1. The molecule has 1 aromatic carbocycles. The molecular weight excluding hydrogens is 376 g/mol. The van der Waals surface area contributed by atoms with Crippen molar-refractivity contribution in [1.82, 2.24) is 24.5 Å². The first-order chi connectivity index (χ1) is 12.6. The molecule has 0 spiro atoms. The Morgan fingerprint density at radius 3 is 2.88 bits per heavy atom. The third kappa shape index (κ3) is 2.87. The van der Waals surface area contributed by atoms with Gasteiger partial charge in [0.2, 0.25) is 11.7 Å². The van der Waals surface area contributed by atoms with Crippen LogP contribution in [0.5, 0.6) is 0 Å². The summed E-state index contributed by atoms with van der Waals surface area (Å²) in [6, 6.07) is 8.81. The van der Waals surface area contributed by atoms with Crippen molar-refractivity contribution >= 4 is 35.6 Å². The Morgan fingerprint density at radius 1 is 1.38 bits per heavy atom. The van der Waals surface area contributed by atoms with Crippen molar-refractivity contribution in [3.05, 3.63) is 41.6 Å². The van der Waals surface area contributed by atoms with Crippen LogP contribution in [-0.2, 0) is 9.59 Å². The number of carboxylic acid groups (broad SMARTS) is 1. The van der Waals surface area contributed by atoms with E-state index < -0.39 is 12.0 Å². The highest BCUT2D eigenvalue weighted by Gasteiger charge is 2.51. The summed E-state index contributed by atoms with van der Waals surface area (Å²) in [6.07, 6.45) is 0. The molecule has 0 aliphatic carbocycles. The molecule has 9 nitrogen and oxygen atoms in total. The normalized spacial score (nSPS) is 22.2. The number of fused-ring (bicyclic) bond motifs is 1. The van der Waals surface area contributed by atoms with Crippen LogP contribution >= 0.6 is 23.7 Å². The molecule has 1 fully saturated rings. The maximum Gasteiger partial charge on any atom is 0.352 e. The molecule has 3 heterocycles. The second kappa shape index (κ2) is 6.74. The van der Waals surface area contributed by atoms with E-state index in [0.717, 1.165) is 5.56 Å². The Balaban J connectivity index is 1.51. The fraction of sp³-hybridized carbons (Fsp3) is 0.267. The second-order valence-corrected chi connectivity index (χ2v) is 7.68. The van der Waals surface area contributed by atoms with Gasteiger partial charge in [0, 0.05) is 29.0 Å². The van der Waals surface area contributed by atoms with Crippen LogP contribution in [0, 0.1) is 0 Å². The lowest BCUT2D eigenvalue weighted by atomic mass is 10.0. The number of rotatable bonds is 5. The summed E-state index contributed by atoms with van der Waals surface area (Å²) in [5.41, 5.74) is 7.26. The molecule has 1 saturated heterocycles. The standard InChI is InChI=1S/C15H14N6O3S2/c16-10-13(22)20-11(15(23)24)9(6-25-14(10)20)7-26-21-18-12(17-19-21)8-4-2-1-3-5-8/h1-5,10,14H,6-7,16H2,(H,23,24)/t10?,14-/m1/s1. The summed E-state index contributed by atoms with van der Waals surface area (Å²) in [4.78, 5) is 24.9. The highest BCUT2D eigenvalue weighted by molar-refractivity contribution is 8.00. The molecule has 1 unspecified atom stereocenters. The molecule has 2 aliphatic heterocycles. The zero-order chi connectivity index (χ0) is 18.3. The Morgan fingerprint density at radius 2 is 2.15 bits per heavy atom. The number of hydrogen-bond acceptors (Lipinski definition) is 8. The predicted octanol–water partition coefficient (Wildman–Crippen LogP) is 0.418. The number of benzene rings is 1. The van der Waals surface area contributed by atoms with Crippen molar-refractivity contribution in [1.29, 1.82) is 0 Å². The van der Waals surface area contributed by atoms with Gasteiger partial charge in [-0.2, -0.15) is 0 Å². The molecule has 1 aromatic heterocycles. The third-order valence-corrected chi connectivity index (χ3v) is 6.30. The summed E-state index contributed by atoms with van der Waals surface area (Å²) >= 11 is 2.69. The van der Waals surface area contributed by atoms with Gasteiger partial charge >= 0.3 is 5.97 Å². The van der Waals surface area contributed by atoms with Gasteiger partial charge in [0.1, 0.15) is 17.1 Å². The smallest absolute Gasteiger partial charge is 0.352 e. The summed E-state index contributed by atoms with van der Waals surface area (Å²) in [6.45, 7) is 0. The summed E-state index contributed by atoms with van der Waals surface area (Å²) in [7, 11) is 0. The zero-order valence-corrected chi connectivity index (χ0v) is 15.0. The van der Waals surface area contributed by atoms with Gasteiger partial charge in [0.15, 0.2) is 0 Å². The van der Waals surface area contributed by atoms with Crippen LogP contribution in [0.15, 0.2) is 41.6 Å². The van der Waals surface area contributed by atoms with Crippen molar-refractivity contribution in [3.63, 3.8) is 0 Å². The van der Waals surface area contributed by atoms with Crippen LogP contribution in [0.1, 0.15) is 0 Å².